The molecule has 1 N–H and O–H groups in total. The molecule has 6 rings (SSSR count). The zero-order valence-corrected chi connectivity index (χ0v) is 23.8. The lowest BCUT2D eigenvalue weighted by Crippen LogP contribution is -2.61. The van der Waals surface area contributed by atoms with Gasteiger partial charge in [0.05, 0.1) is 28.4 Å². The molecule has 220 valence electrons. The van der Waals surface area contributed by atoms with Gasteiger partial charge in [0, 0.05) is 56.3 Å². The van der Waals surface area contributed by atoms with E-state index in [1.807, 2.05) is 18.7 Å². The third-order valence-corrected chi connectivity index (χ3v) is 8.70. The maximum atomic E-state index is 14.3. The van der Waals surface area contributed by atoms with Crippen molar-refractivity contribution >= 4 is 40.7 Å². The lowest BCUT2D eigenvalue weighted by Gasteiger charge is -2.47. The third kappa shape index (κ3) is 4.93. The monoisotopic (exact) mass is 599 g/mol. The highest BCUT2D eigenvalue weighted by molar-refractivity contribution is 6.30. The predicted octanol–water partition coefficient (Wildman–Crippen LogP) is 5.46. The average Bonchev–Trinajstić information content (AvgIpc) is 3.22. The van der Waals surface area contributed by atoms with Crippen LogP contribution in [-0.4, -0.2) is 69.5 Å². The molecule has 42 heavy (non-hydrogen) atoms. The van der Waals surface area contributed by atoms with Gasteiger partial charge in [-0.15, -0.1) is 0 Å². The Morgan fingerprint density at radius 1 is 1.05 bits per heavy atom. The van der Waals surface area contributed by atoms with Crippen LogP contribution in [0.2, 0.25) is 5.02 Å². The van der Waals surface area contributed by atoms with Gasteiger partial charge in [-0.25, -0.2) is 23.1 Å². The summed E-state index contributed by atoms with van der Waals surface area (Å²) in [7, 11) is 0. The molecule has 0 radical (unpaired) electrons. The second kappa shape index (κ2) is 9.86. The molecular weight excluding hydrogens is 571 g/mol. The van der Waals surface area contributed by atoms with E-state index in [2.05, 4.69) is 4.98 Å². The Balaban J connectivity index is 1.25. The molecule has 1 aromatic carbocycles. The van der Waals surface area contributed by atoms with Gasteiger partial charge >= 0.3 is 5.97 Å². The molecule has 12 heteroatoms. The third-order valence-electron chi connectivity index (χ3n) is 8.39. The number of amides is 1. The van der Waals surface area contributed by atoms with Crippen LogP contribution < -0.4 is 9.80 Å². The number of pyridine rings is 2. The van der Waals surface area contributed by atoms with Gasteiger partial charge < -0.3 is 19.8 Å². The minimum Gasteiger partial charge on any atom is -0.481 e. The summed E-state index contributed by atoms with van der Waals surface area (Å²) in [6, 6.07) is 11.2. The van der Waals surface area contributed by atoms with Crippen LogP contribution in [0.5, 0.6) is 0 Å². The van der Waals surface area contributed by atoms with E-state index in [1.54, 1.807) is 46.3 Å². The normalized spacial score (nSPS) is 19.9. The number of aliphatic carboxylic acids is 1. The number of rotatable bonds is 5. The van der Waals surface area contributed by atoms with Crippen molar-refractivity contribution in [1.29, 1.82) is 0 Å². The number of fused-ring (bicyclic) bond motifs is 2. The van der Waals surface area contributed by atoms with Gasteiger partial charge in [0.1, 0.15) is 17.3 Å². The second-order valence-electron chi connectivity index (χ2n) is 12.0. The van der Waals surface area contributed by atoms with Crippen LogP contribution in [-0.2, 0) is 16.6 Å². The minimum absolute atomic E-state index is 0.0316. The highest BCUT2D eigenvalue weighted by Crippen LogP contribution is 2.59. The predicted molar refractivity (Wildman–Crippen MR) is 151 cm³/mol. The highest BCUT2D eigenvalue weighted by Gasteiger charge is 2.62. The van der Waals surface area contributed by atoms with E-state index in [1.165, 1.54) is 12.1 Å². The van der Waals surface area contributed by atoms with Crippen molar-refractivity contribution in [3.63, 3.8) is 0 Å². The maximum Gasteiger partial charge on any atom is 0.307 e. The summed E-state index contributed by atoms with van der Waals surface area (Å²) >= 11 is 5.87. The summed E-state index contributed by atoms with van der Waals surface area (Å²) in [5.74, 6) is -3.99. The standard InChI is InChI=1S/C30H29ClF3N5O3/c1-28(2)16-37(24-8-3-18(13-35-24)11-25(40)41)9-10-39(28)27(42)22-6-7-23-26(36-22)29(14-30(33,34)15-29)17-38(23)19-4-5-20(31)21(32)12-19/h3-8,12-13H,9-11,14-17H2,1-2H3,(H,40,41). The van der Waals surface area contributed by atoms with Crippen LogP contribution in [0.15, 0.2) is 48.7 Å². The van der Waals surface area contributed by atoms with Crippen LogP contribution in [0.4, 0.5) is 30.4 Å². The number of carbonyl (C=O) groups excluding carboxylic acids is 1. The fraction of sp³-hybridized carbons (Fsp3) is 0.400. The number of nitrogens with zero attached hydrogens (tertiary/aromatic N) is 5. The lowest BCUT2D eigenvalue weighted by molar-refractivity contribution is -0.136. The fourth-order valence-electron chi connectivity index (χ4n) is 6.49. The number of carboxylic acid groups (broad SMARTS) is 1. The Morgan fingerprint density at radius 3 is 2.43 bits per heavy atom. The van der Waals surface area contributed by atoms with E-state index in [-0.39, 0.29) is 29.6 Å². The Labute approximate surface area is 245 Å². The maximum absolute atomic E-state index is 14.3. The van der Waals surface area contributed by atoms with Crippen LogP contribution in [0.1, 0.15) is 48.4 Å². The number of alkyl halides is 2. The summed E-state index contributed by atoms with van der Waals surface area (Å²) in [6.07, 6.45) is 0.644. The number of carboxylic acids is 1. The Kier molecular flexibility index (Phi) is 6.64. The molecule has 4 heterocycles. The molecule has 2 fully saturated rings. The van der Waals surface area contributed by atoms with Crippen molar-refractivity contribution in [2.45, 2.75) is 50.0 Å². The van der Waals surface area contributed by atoms with Gasteiger partial charge in [0.15, 0.2) is 0 Å². The first-order valence-corrected chi connectivity index (χ1v) is 14.0. The van der Waals surface area contributed by atoms with E-state index in [4.69, 9.17) is 21.7 Å². The number of hydrogen-bond acceptors (Lipinski definition) is 6. The summed E-state index contributed by atoms with van der Waals surface area (Å²) in [5, 5.41) is 8.97. The molecule has 1 saturated heterocycles. The smallest absolute Gasteiger partial charge is 0.307 e. The van der Waals surface area contributed by atoms with Crippen LogP contribution >= 0.6 is 11.6 Å². The van der Waals surface area contributed by atoms with Gasteiger partial charge in [0.2, 0.25) is 5.92 Å². The molecule has 3 aliphatic rings. The lowest BCUT2D eigenvalue weighted by atomic mass is 9.65. The zero-order chi connectivity index (χ0) is 30.0. The molecule has 1 aliphatic carbocycles. The zero-order valence-electron chi connectivity index (χ0n) is 23.1. The number of hydrogen-bond donors (Lipinski definition) is 1. The van der Waals surface area contributed by atoms with E-state index < -0.39 is 41.5 Å². The van der Waals surface area contributed by atoms with E-state index in [9.17, 15) is 22.8 Å². The van der Waals surface area contributed by atoms with Crippen molar-refractivity contribution in [1.82, 2.24) is 14.9 Å². The second-order valence-corrected chi connectivity index (χ2v) is 12.4. The molecule has 3 aromatic rings. The van der Waals surface area contributed by atoms with Crippen LogP contribution in [0.3, 0.4) is 0 Å². The number of benzene rings is 1. The number of carbonyl (C=O) groups is 2. The first kappa shape index (κ1) is 28.3. The molecule has 0 bridgehead atoms. The van der Waals surface area contributed by atoms with Crippen LogP contribution in [0.25, 0.3) is 0 Å². The van der Waals surface area contributed by atoms with Gasteiger partial charge in [-0.1, -0.05) is 17.7 Å². The number of halogens is 4. The summed E-state index contributed by atoms with van der Waals surface area (Å²) in [5.41, 5.74) is 0.688. The molecule has 2 aromatic heterocycles. The SMILES string of the molecule is CC1(C)CN(c2ccc(CC(=O)O)cn2)CCN1C(=O)c1ccc2c(n1)C1(CN2c2ccc(Cl)c(F)c2)CC(F)(F)C1. The van der Waals surface area contributed by atoms with Crippen LogP contribution in [0, 0.1) is 5.82 Å². The first-order valence-electron chi connectivity index (χ1n) is 13.6. The molecular formula is C30H29ClF3N5O3. The number of anilines is 3. The van der Waals surface area contributed by atoms with Gasteiger partial charge in [-0.3, -0.25) is 9.59 Å². The first-order chi connectivity index (χ1) is 19.8. The molecule has 1 saturated carbocycles. The van der Waals surface area contributed by atoms with E-state index in [0.29, 0.717) is 48.1 Å². The summed E-state index contributed by atoms with van der Waals surface area (Å²) < 4.78 is 42.8. The topological polar surface area (TPSA) is 89.9 Å². The molecule has 0 atom stereocenters. The summed E-state index contributed by atoms with van der Waals surface area (Å²) in [6.45, 7) is 5.43. The van der Waals surface area contributed by atoms with Gasteiger partial charge in [0.25, 0.3) is 5.91 Å². The van der Waals surface area contributed by atoms with E-state index >= 15 is 0 Å². The Hall–Kier alpha value is -3.86. The highest BCUT2D eigenvalue weighted by atomic mass is 35.5. The fourth-order valence-corrected chi connectivity index (χ4v) is 6.61. The Morgan fingerprint density at radius 2 is 1.81 bits per heavy atom. The van der Waals surface area contributed by atoms with Crippen molar-refractivity contribution < 1.29 is 27.9 Å². The molecule has 1 amide bonds. The molecule has 0 unspecified atom stereocenters. The largest absolute Gasteiger partial charge is 0.481 e. The van der Waals surface area contributed by atoms with Crippen molar-refractivity contribution in [3.8, 4) is 0 Å². The quantitative estimate of drug-likeness (QED) is 0.417. The van der Waals surface area contributed by atoms with Crippen molar-refractivity contribution in [2.24, 2.45) is 0 Å². The average molecular weight is 600 g/mol. The van der Waals surface area contributed by atoms with Crippen molar-refractivity contribution in [3.05, 3.63) is 76.5 Å². The van der Waals surface area contributed by atoms with Gasteiger partial charge in [-0.2, -0.15) is 0 Å². The molecule has 8 nitrogen and oxygen atoms in total. The minimum atomic E-state index is -2.83. The number of piperazine rings is 1. The molecule has 2 aliphatic heterocycles. The van der Waals surface area contributed by atoms with Crippen molar-refractivity contribution in [2.75, 3.05) is 36.0 Å². The van der Waals surface area contributed by atoms with Gasteiger partial charge in [-0.05, 0) is 55.8 Å². The Bertz CT molecular complexity index is 1570. The van der Waals surface area contributed by atoms with E-state index in [0.717, 1.165) is 0 Å². The number of aromatic nitrogens is 2. The molecule has 1 spiro atoms. The summed E-state index contributed by atoms with van der Waals surface area (Å²) in [4.78, 5) is 39.5.